The molecule has 0 radical (unpaired) electrons. The number of hydrogen-bond acceptors (Lipinski definition) is 3. The summed E-state index contributed by atoms with van der Waals surface area (Å²) in [7, 11) is 0. The maximum Gasteiger partial charge on any atom is 0.123 e. The molecule has 1 rings (SSSR count). The third-order valence-electron chi connectivity index (χ3n) is 2.45. The van der Waals surface area contributed by atoms with Crippen molar-refractivity contribution in [3.63, 3.8) is 0 Å². The molecule has 17 heavy (non-hydrogen) atoms. The van der Waals surface area contributed by atoms with Crippen LogP contribution in [0.4, 0.5) is 0 Å². The second-order valence-corrected chi connectivity index (χ2v) is 5.07. The minimum Gasteiger partial charge on any atom is -0.491 e. The average molecular weight is 233 g/mol. The Kier molecular flexibility index (Phi) is 4.53. The molecule has 0 heterocycles. The molecule has 0 saturated carbocycles. The van der Waals surface area contributed by atoms with Crippen LogP contribution in [-0.4, -0.2) is 17.8 Å². The van der Waals surface area contributed by atoms with Crippen LogP contribution in [0.25, 0.3) is 0 Å². The Morgan fingerprint density at radius 3 is 2.59 bits per heavy atom. The van der Waals surface area contributed by atoms with Crippen LogP contribution < -0.4 is 4.74 Å². The van der Waals surface area contributed by atoms with Gasteiger partial charge in [0.1, 0.15) is 18.5 Å². The van der Waals surface area contributed by atoms with Crippen molar-refractivity contribution in [2.75, 3.05) is 6.61 Å². The minimum atomic E-state index is -0.729. The normalized spacial score (nSPS) is 12.9. The Balaban J connectivity index is 2.75. The van der Waals surface area contributed by atoms with Crippen LogP contribution in [0, 0.1) is 11.3 Å². The lowest BCUT2D eigenvalue weighted by molar-refractivity contribution is 0.110. The van der Waals surface area contributed by atoms with E-state index in [4.69, 9.17) is 10.00 Å². The minimum absolute atomic E-state index is 0.00320. The van der Waals surface area contributed by atoms with Gasteiger partial charge in [-0.05, 0) is 17.0 Å². The van der Waals surface area contributed by atoms with Crippen LogP contribution in [0.3, 0.4) is 0 Å². The summed E-state index contributed by atoms with van der Waals surface area (Å²) in [6.45, 7) is 6.49. The molecule has 0 aliphatic rings. The first-order valence-electron chi connectivity index (χ1n) is 5.72. The van der Waals surface area contributed by atoms with Gasteiger partial charge in [0.2, 0.25) is 0 Å². The van der Waals surface area contributed by atoms with E-state index < -0.39 is 6.10 Å². The quantitative estimate of drug-likeness (QED) is 0.869. The highest BCUT2D eigenvalue weighted by Crippen LogP contribution is 2.30. The molecule has 92 valence electrons. The van der Waals surface area contributed by atoms with E-state index in [-0.39, 0.29) is 18.4 Å². The van der Waals surface area contributed by atoms with Crippen LogP contribution in [0.2, 0.25) is 0 Å². The van der Waals surface area contributed by atoms with E-state index in [1.54, 1.807) is 0 Å². The summed E-state index contributed by atoms with van der Waals surface area (Å²) in [4.78, 5) is 0. The Bertz CT molecular complexity index is 401. The number of para-hydroxylation sites is 1. The lowest BCUT2D eigenvalue weighted by atomic mass is 9.86. The molecular formula is C14H19NO2. The lowest BCUT2D eigenvalue weighted by Gasteiger charge is -2.23. The molecule has 0 spiro atoms. The maximum atomic E-state index is 9.46. The zero-order valence-corrected chi connectivity index (χ0v) is 10.6. The standard InChI is InChI=1S/C14H19NO2/c1-14(2,3)12-6-4-5-7-13(12)17-10-11(16)8-9-15/h4-7,11,16H,8,10H2,1-3H3. The molecule has 0 fully saturated rings. The van der Waals surface area contributed by atoms with E-state index in [1.165, 1.54) is 0 Å². The van der Waals surface area contributed by atoms with E-state index in [0.717, 1.165) is 11.3 Å². The highest BCUT2D eigenvalue weighted by molar-refractivity contribution is 5.38. The first-order chi connectivity index (χ1) is 7.95. The molecule has 0 aromatic heterocycles. The summed E-state index contributed by atoms with van der Waals surface area (Å²) >= 11 is 0. The van der Waals surface area contributed by atoms with Crippen LogP contribution in [0.15, 0.2) is 24.3 Å². The molecule has 1 atom stereocenters. The van der Waals surface area contributed by atoms with E-state index in [9.17, 15) is 5.11 Å². The summed E-state index contributed by atoms with van der Waals surface area (Å²) in [6, 6.07) is 9.70. The molecule has 1 aromatic rings. The predicted octanol–water partition coefficient (Wildman–Crippen LogP) is 2.64. The fourth-order valence-electron chi connectivity index (χ4n) is 1.56. The topological polar surface area (TPSA) is 53.2 Å². The van der Waals surface area contributed by atoms with Gasteiger partial charge in [-0.25, -0.2) is 0 Å². The smallest absolute Gasteiger partial charge is 0.123 e. The van der Waals surface area contributed by atoms with Gasteiger partial charge in [-0.3, -0.25) is 0 Å². The van der Waals surface area contributed by atoms with E-state index >= 15 is 0 Å². The molecule has 1 N–H and O–H groups in total. The van der Waals surface area contributed by atoms with Crippen LogP contribution in [0.1, 0.15) is 32.8 Å². The van der Waals surface area contributed by atoms with Crippen LogP contribution >= 0.6 is 0 Å². The van der Waals surface area contributed by atoms with Crippen LogP contribution in [-0.2, 0) is 5.41 Å². The number of hydrogen-bond donors (Lipinski definition) is 1. The number of nitriles is 1. The zero-order valence-electron chi connectivity index (χ0n) is 10.6. The van der Waals surface area contributed by atoms with E-state index in [0.29, 0.717) is 0 Å². The molecule has 3 nitrogen and oxygen atoms in total. The average Bonchev–Trinajstić information content (AvgIpc) is 2.26. The number of nitrogens with zero attached hydrogens (tertiary/aromatic N) is 1. The number of aliphatic hydroxyl groups is 1. The molecule has 1 unspecified atom stereocenters. The number of rotatable bonds is 4. The number of aliphatic hydroxyl groups excluding tert-OH is 1. The number of ether oxygens (including phenoxy) is 1. The molecule has 1 aromatic carbocycles. The Labute approximate surface area is 103 Å². The summed E-state index contributed by atoms with van der Waals surface area (Å²) in [5.74, 6) is 0.775. The zero-order chi connectivity index (χ0) is 12.9. The predicted molar refractivity (Wildman–Crippen MR) is 66.9 cm³/mol. The molecule has 0 aliphatic heterocycles. The third kappa shape index (κ3) is 4.08. The Hall–Kier alpha value is -1.53. The van der Waals surface area contributed by atoms with Gasteiger partial charge in [0.05, 0.1) is 12.5 Å². The van der Waals surface area contributed by atoms with Gasteiger partial charge in [0, 0.05) is 0 Å². The van der Waals surface area contributed by atoms with Gasteiger partial charge in [-0.15, -0.1) is 0 Å². The highest BCUT2D eigenvalue weighted by atomic mass is 16.5. The fourth-order valence-corrected chi connectivity index (χ4v) is 1.56. The summed E-state index contributed by atoms with van der Waals surface area (Å²) in [5.41, 5.74) is 1.10. The molecule has 0 bridgehead atoms. The largest absolute Gasteiger partial charge is 0.491 e. The van der Waals surface area contributed by atoms with Gasteiger partial charge in [-0.2, -0.15) is 5.26 Å². The van der Waals surface area contributed by atoms with Gasteiger partial charge >= 0.3 is 0 Å². The van der Waals surface area contributed by atoms with Crippen molar-refractivity contribution in [1.29, 1.82) is 5.26 Å². The van der Waals surface area contributed by atoms with Crippen LogP contribution in [0.5, 0.6) is 5.75 Å². The second-order valence-electron chi connectivity index (χ2n) is 5.07. The first kappa shape index (κ1) is 13.5. The summed E-state index contributed by atoms with van der Waals surface area (Å²) < 4.78 is 5.58. The molecule has 0 aliphatic carbocycles. The molecular weight excluding hydrogens is 214 g/mol. The monoisotopic (exact) mass is 233 g/mol. The number of benzene rings is 1. The van der Waals surface area contributed by atoms with Crippen molar-refractivity contribution in [3.05, 3.63) is 29.8 Å². The molecule has 3 heteroatoms. The van der Waals surface area contributed by atoms with Gasteiger partial charge in [0.25, 0.3) is 0 Å². The van der Waals surface area contributed by atoms with Crippen molar-refractivity contribution in [2.24, 2.45) is 0 Å². The van der Waals surface area contributed by atoms with Crippen molar-refractivity contribution in [2.45, 2.75) is 38.7 Å². The Morgan fingerprint density at radius 1 is 1.35 bits per heavy atom. The van der Waals surface area contributed by atoms with Gasteiger partial charge in [-0.1, -0.05) is 39.0 Å². The van der Waals surface area contributed by atoms with Crippen molar-refractivity contribution < 1.29 is 9.84 Å². The second kappa shape index (κ2) is 5.70. The van der Waals surface area contributed by atoms with E-state index in [2.05, 4.69) is 20.8 Å². The first-order valence-corrected chi connectivity index (χ1v) is 5.72. The molecule has 0 amide bonds. The van der Waals surface area contributed by atoms with Gasteiger partial charge in [0.15, 0.2) is 0 Å². The molecule has 0 saturated heterocycles. The van der Waals surface area contributed by atoms with Crippen molar-refractivity contribution >= 4 is 0 Å². The Morgan fingerprint density at radius 2 is 2.00 bits per heavy atom. The highest BCUT2D eigenvalue weighted by Gasteiger charge is 2.18. The SMILES string of the molecule is CC(C)(C)c1ccccc1OCC(O)CC#N. The van der Waals surface area contributed by atoms with Gasteiger partial charge < -0.3 is 9.84 Å². The van der Waals surface area contributed by atoms with Crippen molar-refractivity contribution in [1.82, 2.24) is 0 Å². The fraction of sp³-hybridized carbons (Fsp3) is 0.500. The van der Waals surface area contributed by atoms with E-state index in [1.807, 2.05) is 30.3 Å². The summed E-state index contributed by atoms with van der Waals surface area (Å²) in [6.07, 6.45) is -0.634. The third-order valence-corrected chi connectivity index (χ3v) is 2.45. The summed E-state index contributed by atoms with van der Waals surface area (Å²) in [5, 5.41) is 17.9. The van der Waals surface area contributed by atoms with Crippen molar-refractivity contribution in [3.8, 4) is 11.8 Å². The maximum absolute atomic E-state index is 9.46. The lowest BCUT2D eigenvalue weighted by Crippen LogP contribution is -2.19.